The third-order valence-corrected chi connectivity index (χ3v) is 9.33. The number of carbonyl (C=O) groups is 2. The number of nitrogens with zero attached hydrogens (tertiary/aromatic N) is 1. The molecule has 1 heterocycles. The van der Waals surface area contributed by atoms with Crippen LogP contribution in [0.25, 0.3) is 11.1 Å². The van der Waals surface area contributed by atoms with Crippen molar-refractivity contribution in [1.29, 1.82) is 0 Å². The fourth-order valence-corrected chi connectivity index (χ4v) is 6.40. The van der Waals surface area contributed by atoms with E-state index in [2.05, 4.69) is 10.6 Å². The second-order valence-corrected chi connectivity index (χ2v) is 13.1. The Balaban J connectivity index is 1.33. The van der Waals surface area contributed by atoms with Crippen molar-refractivity contribution in [3.05, 3.63) is 132 Å². The highest BCUT2D eigenvalue weighted by atomic mass is 32.2. The Hall–Kier alpha value is -4.73. The second kappa shape index (κ2) is 15.5. The number of amides is 2. The smallest absolute Gasteiger partial charge is 0.254 e. The van der Waals surface area contributed by atoms with Gasteiger partial charge in [-0.2, -0.15) is 0 Å². The van der Waals surface area contributed by atoms with Gasteiger partial charge in [0.05, 0.1) is 18.1 Å². The minimum Gasteiger partial charge on any atom is -0.378 e. The van der Waals surface area contributed by atoms with Crippen molar-refractivity contribution in [1.82, 2.24) is 10.2 Å². The molecule has 46 heavy (non-hydrogen) atoms. The number of ether oxygens (including phenoxy) is 1. The van der Waals surface area contributed by atoms with Crippen LogP contribution >= 0.6 is 0 Å². The van der Waals surface area contributed by atoms with Crippen molar-refractivity contribution < 1.29 is 22.7 Å². The lowest BCUT2D eigenvalue weighted by Crippen LogP contribution is -2.43. The van der Waals surface area contributed by atoms with Crippen LogP contribution in [0.5, 0.6) is 0 Å². The fraction of sp³-hybridized carbons (Fsp3) is 0.243. The summed E-state index contributed by atoms with van der Waals surface area (Å²) in [6.07, 6.45) is 2.70. The minimum atomic E-state index is -3.68. The molecule has 2 amide bonds. The second-order valence-electron chi connectivity index (χ2n) is 11.2. The molecule has 2 atom stereocenters. The Labute approximate surface area is 271 Å². The maximum atomic E-state index is 13.7. The zero-order valence-electron chi connectivity index (χ0n) is 25.8. The van der Waals surface area contributed by atoms with E-state index in [0.29, 0.717) is 50.4 Å². The van der Waals surface area contributed by atoms with E-state index in [4.69, 9.17) is 4.74 Å². The summed E-state index contributed by atoms with van der Waals surface area (Å²) in [5.41, 5.74) is 3.99. The molecule has 0 bridgehead atoms. The van der Waals surface area contributed by atoms with Crippen LogP contribution in [-0.2, 0) is 25.8 Å². The van der Waals surface area contributed by atoms with E-state index in [1.165, 1.54) is 5.41 Å². The number of benzene rings is 4. The molecule has 8 nitrogen and oxygen atoms in total. The minimum absolute atomic E-state index is 0.0892. The highest BCUT2D eigenvalue weighted by Crippen LogP contribution is 2.28. The lowest BCUT2D eigenvalue weighted by Gasteiger charge is -2.28. The largest absolute Gasteiger partial charge is 0.378 e. The van der Waals surface area contributed by atoms with Gasteiger partial charge in [-0.1, -0.05) is 91.0 Å². The highest BCUT2D eigenvalue weighted by Gasteiger charge is 2.23. The molecule has 1 saturated heterocycles. The molecule has 4 aromatic carbocycles. The lowest BCUT2D eigenvalue weighted by atomic mass is 9.97. The van der Waals surface area contributed by atoms with E-state index in [1.807, 2.05) is 72.8 Å². The number of hydrogen-bond donors (Lipinski definition) is 2. The van der Waals surface area contributed by atoms with Crippen LogP contribution in [0.4, 0.5) is 5.69 Å². The number of sulfone groups is 1. The molecule has 1 aliphatic heterocycles. The Morgan fingerprint density at radius 3 is 2.17 bits per heavy atom. The first-order valence-corrected chi connectivity index (χ1v) is 17.0. The molecule has 1 aliphatic rings. The molecule has 4 aromatic rings. The van der Waals surface area contributed by atoms with Gasteiger partial charge in [-0.15, -0.1) is 0 Å². The predicted octanol–water partition coefficient (Wildman–Crippen LogP) is 5.73. The van der Waals surface area contributed by atoms with Crippen molar-refractivity contribution in [3.8, 4) is 11.1 Å². The third kappa shape index (κ3) is 8.71. The Morgan fingerprint density at radius 2 is 1.50 bits per heavy atom. The van der Waals surface area contributed by atoms with Crippen LogP contribution in [-0.4, -0.2) is 63.5 Å². The maximum Gasteiger partial charge on any atom is 0.254 e. The summed E-state index contributed by atoms with van der Waals surface area (Å²) in [5.74, 6) is -0.387. The molecule has 238 valence electrons. The van der Waals surface area contributed by atoms with Gasteiger partial charge >= 0.3 is 0 Å². The van der Waals surface area contributed by atoms with Crippen LogP contribution in [0.1, 0.15) is 29.3 Å². The van der Waals surface area contributed by atoms with Gasteiger partial charge in [-0.05, 0) is 60.7 Å². The van der Waals surface area contributed by atoms with Crippen molar-refractivity contribution in [2.45, 2.75) is 36.7 Å². The predicted molar refractivity (Wildman–Crippen MR) is 181 cm³/mol. The molecule has 2 unspecified atom stereocenters. The van der Waals surface area contributed by atoms with E-state index in [1.54, 1.807) is 54.3 Å². The van der Waals surface area contributed by atoms with Crippen molar-refractivity contribution in [2.75, 3.05) is 31.6 Å². The van der Waals surface area contributed by atoms with Crippen molar-refractivity contribution >= 4 is 27.3 Å². The van der Waals surface area contributed by atoms with Gasteiger partial charge in [0.25, 0.3) is 5.91 Å². The normalized spacial score (nSPS) is 14.8. The van der Waals surface area contributed by atoms with E-state index >= 15 is 0 Å². The average molecular weight is 638 g/mol. The van der Waals surface area contributed by atoms with Gasteiger partial charge in [0.1, 0.15) is 6.04 Å². The topological polar surface area (TPSA) is 105 Å². The summed E-state index contributed by atoms with van der Waals surface area (Å²) in [6.45, 7) is 3.76. The zero-order chi connectivity index (χ0) is 32.4. The average Bonchev–Trinajstić information content (AvgIpc) is 3.10. The summed E-state index contributed by atoms with van der Waals surface area (Å²) < 4.78 is 31.4. The number of morpholine rings is 1. The fourth-order valence-electron chi connectivity index (χ4n) is 5.31. The van der Waals surface area contributed by atoms with Crippen LogP contribution in [0.2, 0.25) is 0 Å². The van der Waals surface area contributed by atoms with Gasteiger partial charge in [0, 0.05) is 35.8 Å². The Bertz CT molecular complexity index is 1740. The van der Waals surface area contributed by atoms with E-state index < -0.39 is 21.9 Å². The summed E-state index contributed by atoms with van der Waals surface area (Å²) in [7, 11) is -3.68. The number of rotatable bonds is 12. The zero-order valence-corrected chi connectivity index (χ0v) is 26.7. The van der Waals surface area contributed by atoms with Gasteiger partial charge < -0.3 is 20.3 Å². The quantitative estimate of drug-likeness (QED) is 0.206. The number of nitrogens with one attached hydrogen (secondary N) is 2. The van der Waals surface area contributed by atoms with Gasteiger partial charge in [0.2, 0.25) is 5.91 Å². The number of hydrogen-bond acceptors (Lipinski definition) is 6. The Kier molecular flexibility index (Phi) is 11.0. The molecule has 9 heteroatoms. The summed E-state index contributed by atoms with van der Waals surface area (Å²) in [5, 5.41) is 7.43. The first-order valence-electron chi connectivity index (χ1n) is 15.5. The lowest BCUT2D eigenvalue weighted by molar-refractivity contribution is -0.121. The number of carbonyl (C=O) groups excluding carboxylic acids is 2. The number of aryl methyl sites for hydroxylation is 1. The van der Waals surface area contributed by atoms with Crippen molar-refractivity contribution in [3.63, 3.8) is 0 Å². The van der Waals surface area contributed by atoms with Gasteiger partial charge in [0.15, 0.2) is 9.84 Å². The van der Waals surface area contributed by atoms with Crippen molar-refractivity contribution in [2.24, 2.45) is 0 Å². The summed E-state index contributed by atoms with van der Waals surface area (Å²) >= 11 is 0. The van der Waals surface area contributed by atoms with Crippen LogP contribution in [0.15, 0.2) is 126 Å². The molecule has 0 aromatic heterocycles. The molecule has 1 fully saturated rings. The van der Waals surface area contributed by atoms with Crippen LogP contribution < -0.4 is 10.6 Å². The van der Waals surface area contributed by atoms with E-state index in [-0.39, 0.29) is 16.7 Å². The van der Waals surface area contributed by atoms with E-state index in [0.717, 1.165) is 16.7 Å². The SMILES string of the molecule is CC(Nc1ccc(-c2ccccc2)c(C(=O)N2CCOCC2)c1)C(=O)NC(C=CS(=O)(=O)c1ccccc1)CCc1ccccc1. The first-order chi connectivity index (χ1) is 22.3. The monoisotopic (exact) mass is 637 g/mol. The van der Waals surface area contributed by atoms with Crippen LogP contribution in [0, 0.1) is 0 Å². The number of anilines is 1. The maximum absolute atomic E-state index is 13.7. The first kappa shape index (κ1) is 32.7. The van der Waals surface area contributed by atoms with Gasteiger partial charge in [-0.3, -0.25) is 9.59 Å². The molecule has 0 spiro atoms. The third-order valence-electron chi connectivity index (χ3n) is 7.89. The molecule has 5 rings (SSSR count). The molecule has 0 saturated carbocycles. The van der Waals surface area contributed by atoms with Crippen LogP contribution in [0.3, 0.4) is 0 Å². The molecule has 2 N–H and O–H groups in total. The summed E-state index contributed by atoms with van der Waals surface area (Å²) in [6, 6.07) is 32.1. The molecule has 0 radical (unpaired) electrons. The molecular weight excluding hydrogens is 598 g/mol. The standard InChI is InChI=1S/C37H39N3O5S/c1-28(38-32-19-20-34(30-13-7-3-8-14-30)35(27-32)37(42)40-22-24-45-25-23-40)36(41)39-31(18-17-29-11-5-2-6-12-29)21-26-46(43,44)33-15-9-4-10-16-33/h2-16,19-21,26-28,31,38H,17-18,22-25H2,1H3,(H,39,41). The van der Waals surface area contributed by atoms with E-state index in [9.17, 15) is 18.0 Å². The summed E-state index contributed by atoms with van der Waals surface area (Å²) in [4.78, 5) is 29.1. The van der Waals surface area contributed by atoms with Gasteiger partial charge in [-0.25, -0.2) is 8.42 Å². The highest BCUT2D eigenvalue weighted by molar-refractivity contribution is 7.94. The molecular formula is C37H39N3O5S. The Morgan fingerprint density at radius 1 is 0.870 bits per heavy atom. The molecule has 0 aliphatic carbocycles.